The second-order valence-electron chi connectivity index (χ2n) is 8.34. The number of carbonyl (C=O) groups excluding carboxylic acids is 1. The molecule has 37 heavy (non-hydrogen) atoms. The number of nitriles is 1. The molecule has 2 N–H and O–H groups in total. The molecule has 3 aromatic rings. The predicted octanol–water partition coefficient (Wildman–Crippen LogP) is 5.08. The van der Waals surface area contributed by atoms with Crippen molar-refractivity contribution in [2.75, 3.05) is 20.3 Å². The van der Waals surface area contributed by atoms with Gasteiger partial charge in [0.05, 0.1) is 19.6 Å². The van der Waals surface area contributed by atoms with E-state index in [1.165, 1.54) is 0 Å². The topological polar surface area (TPSA) is 113 Å². The lowest BCUT2D eigenvalue weighted by Crippen LogP contribution is -2.21. The van der Waals surface area contributed by atoms with Gasteiger partial charge in [-0.2, -0.15) is 5.26 Å². The van der Waals surface area contributed by atoms with Gasteiger partial charge in [0, 0.05) is 11.6 Å². The Bertz CT molecular complexity index is 1330. The highest BCUT2D eigenvalue weighted by molar-refractivity contribution is 5.74. The molecule has 4 rings (SSSR count). The average molecular weight is 501 g/mol. The third-order valence-corrected chi connectivity index (χ3v) is 5.80. The zero-order valence-electron chi connectivity index (χ0n) is 20.7. The van der Waals surface area contributed by atoms with Crippen molar-refractivity contribution in [1.82, 2.24) is 0 Å². The number of nitrogens with zero attached hydrogens (tertiary/aromatic N) is 1. The van der Waals surface area contributed by atoms with Crippen molar-refractivity contribution in [2.45, 2.75) is 25.7 Å². The monoisotopic (exact) mass is 500 g/mol. The van der Waals surface area contributed by atoms with Crippen LogP contribution in [-0.2, 0) is 4.79 Å². The molecule has 1 atom stereocenters. The predicted molar refractivity (Wildman–Crippen MR) is 137 cm³/mol. The number of benzene rings is 3. The minimum Gasteiger partial charge on any atom is -0.497 e. The van der Waals surface area contributed by atoms with Gasteiger partial charge in [-0.05, 0) is 54.4 Å². The second kappa shape index (κ2) is 11.9. The minimum atomic E-state index is -0.582. The van der Waals surface area contributed by atoms with E-state index in [2.05, 4.69) is 13.0 Å². The molecule has 1 aliphatic rings. The molecule has 0 saturated carbocycles. The summed E-state index contributed by atoms with van der Waals surface area (Å²) >= 11 is 0. The fourth-order valence-corrected chi connectivity index (χ4v) is 3.94. The maximum absolute atomic E-state index is 12.4. The fraction of sp³-hybridized carbons (Fsp3) is 0.241. The Balaban J connectivity index is 1.51. The first-order valence-corrected chi connectivity index (χ1v) is 11.9. The molecular weight excluding hydrogens is 472 g/mol. The maximum Gasteiger partial charge on any atom is 0.349 e. The lowest BCUT2D eigenvalue weighted by Gasteiger charge is -2.27. The first-order valence-electron chi connectivity index (χ1n) is 11.9. The largest absolute Gasteiger partial charge is 0.497 e. The molecule has 0 aliphatic carbocycles. The minimum absolute atomic E-state index is 0.00335. The van der Waals surface area contributed by atoms with Gasteiger partial charge < -0.3 is 29.4 Å². The zero-order chi connectivity index (χ0) is 26.2. The van der Waals surface area contributed by atoms with Crippen molar-refractivity contribution >= 4 is 5.97 Å². The van der Waals surface area contributed by atoms with Crippen LogP contribution in [0.4, 0.5) is 0 Å². The molecule has 0 saturated heterocycles. The number of nitrogens with two attached hydrogens (primary N) is 1. The van der Waals surface area contributed by atoms with E-state index in [0.29, 0.717) is 29.4 Å². The molecule has 0 aromatic heterocycles. The summed E-state index contributed by atoms with van der Waals surface area (Å²) in [4.78, 5) is 12.4. The van der Waals surface area contributed by atoms with Crippen LogP contribution in [0.2, 0.25) is 0 Å². The number of fused-ring (bicyclic) bond motifs is 1. The Kier molecular flexibility index (Phi) is 8.16. The lowest BCUT2D eigenvalue weighted by molar-refractivity contribution is -0.136. The van der Waals surface area contributed by atoms with Crippen LogP contribution in [0.15, 0.2) is 78.2 Å². The number of unbranched alkanes of at least 4 members (excludes halogenated alkanes) is 1. The van der Waals surface area contributed by atoms with Gasteiger partial charge in [-0.15, -0.1) is 0 Å². The van der Waals surface area contributed by atoms with Crippen LogP contribution in [0, 0.1) is 11.3 Å². The molecule has 1 unspecified atom stereocenters. The third kappa shape index (κ3) is 6.14. The van der Waals surface area contributed by atoms with Gasteiger partial charge in [-0.3, -0.25) is 0 Å². The summed E-state index contributed by atoms with van der Waals surface area (Å²) in [5.41, 5.74) is 7.99. The third-order valence-electron chi connectivity index (χ3n) is 5.80. The Morgan fingerprint density at radius 3 is 2.49 bits per heavy atom. The standard InChI is InChI=1S/C29H28N2O6/c1-3-4-14-34-22-7-5-6-19(15-22)28-24-13-12-23(16-26(24)37-29(31)25(28)17-30)36-27(32)18-35-21-10-8-20(33-2)9-11-21/h5-13,15-16,28H,3-4,14,18,31H2,1-2H3. The van der Waals surface area contributed by atoms with Crippen molar-refractivity contribution in [1.29, 1.82) is 5.26 Å². The zero-order valence-corrected chi connectivity index (χ0v) is 20.7. The van der Waals surface area contributed by atoms with E-state index in [0.717, 1.165) is 29.7 Å². The van der Waals surface area contributed by atoms with Gasteiger partial charge in [0.15, 0.2) is 6.61 Å². The highest BCUT2D eigenvalue weighted by atomic mass is 16.6. The number of esters is 1. The van der Waals surface area contributed by atoms with Gasteiger partial charge in [0.2, 0.25) is 5.88 Å². The number of allylic oxidation sites excluding steroid dienone is 1. The van der Waals surface area contributed by atoms with Crippen LogP contribution in [0.25, 0.3) is 0 Å². The normalized spacial score (nSPS) is 14.1. The van der Waals surface area contributed by atoms with E-state index in [4.69, 9.17) is 29.4 Å². The van der Waals surface area contributed by atoms with Gasteiger partial charge in [-0.1, -0.05) is 31.5 Å². The quantitative estimate of drug-likeness (QED) is 0.233. The van der Waals surface area contributed by atoms with Gasteiger partial charge in [-0.25, -0.2) is 4.79 Å². The van der Waals surface area contributed by atoms with Gasteiger partial charge >= 0.3 is 5.97 Å². The molecule has 0 fully saturated rings. The molecule has 190 valence electrons. The Labute approximate surface area is 215 Å². The molecular formula is C29H28N2O6. The number of carbonyl (C=O) groups is 1. The van der Waals surface area contributed by atoms with E-state index < -0.39 is 11.9 Å². The molecule has 0 bridgehead atoms. The summed E-state index contributed by atoms with van der Waals surface area (Å²) in [6.45, 7) is 2.44. The summed E-state index contributed by atoms with van der Waals surface area (Å²) < 4.78 is 27.6. The molecule has 1 heterocycles. The van der Waals surface area contributed by atoms with Crippen LogP contribution in [-0.4, -0.2) is 26.3 Å². The highest BCUT2D eigenvalue weighted by Crippen LogP contribution is 2.44. The molecule has 0 spiro atoms. The van der Waals surface area contributed by atoms with Crippen molar-refractivity contribution in [2.24, 2.45) is 5.73 Å². The van der Waals surface area contributed by atoms with E-state index in [-0.39, 0.29) is 18.2 Å². The van der Waals surface area contributed by atoms with Crippen molar-refractivity contribution in [3.8, 4) is 34.8 Å². The van der Waals surface area contributed by atoms with E-state index >= 15 is 0 Å². The summed E-state index contributed by atoms with van der Waals surface area (Å²) in [6.07, 6.45) is 1.98. The van der Waals surface area contributed by atoms with Crippen LogP contribution in [0.5, 0.6) is 28.7 Å². The average Bonchev–Trinajstić information content (AvgIpc) is 2.91. The van der Waals surface area contributed by atoms with Crippen LogP contribution in [0.1, 0.15) is 36.8 Å². The van der Waals surface area contributed by atoms with Crippen molar-refractivity contribution < 1.29 is 28.5 Å². The van der Waals surface area contributed by atoms with Crippen LogP contribution >= 0.6 is 0 Å². The Morgan fingerprint density at radius 2 is 1.76 bits per heavy atom. The molecule has 1 aliphatic heterocycles. The van der Waals surface area contributed by atoms with E-state index in [1.807, 2.05) is 24.3 Å². The second-order valence-corrected chi connectivity index (χ2v) is 8.34. The van der Waals surface area contributed by atoms with E-state index in [1.54, 1.807) is 49.6 Å². The van der Waals surface area contributed by atoms with E-state index in [9.17, 15) is 10.1 Å². The van der Waals surface area contributed by atoms with Crippen molar-refractivity contribution in [3.63, 3.8) is 0 Å². The smallest absolute Gasteiger partial charge is 0.349 e. The number of methoxy groups -OCH3 is 1. The fourth-order valence-electron chi connectivity index (χ4n) is 3.94. The van der Waals surface area contributed by atoms with Gasteiger partial charge in [0.25, 0.3) is 0 Å². The molecule has 8 heteroatoms. The lowest BCUT2D eigenvalue weighted by atomic mass is 9.83. The van der Waals surface area contributed by atoms with Crippen molar-refractivity contribution in [3.05, 3.63) is 89.3 Å². The molecule has 8 nitrogen and oxygen atoms in total. The highest BCUT2D eigenvalue weighted by Gasteiger charge is 2.31. The summed E-state index contributed by atoms with van der Waals surface area (Å²) in [7, 11) is 1.57. The summed E-state index contributed by atoms with van der Waals surface area (Å²) in [5, 5.41) is 9.83. The van der Waals surface area contributed by atoms with Crippen LogP contribution < -0.4 is 29.4 Å². The molecule has 0 radical (unpaired) electrons. The van der Waals surface area contributed by atoms with Gasteiger partial charge in [0.1, 0.15) is 40.4 Å². The molecule has 3 aromatic carbocycles. The summed E-state index contributed by atoms with van der Waals surface area (Å²) in [6, 6.07) is 21.6. The number of hydrogen-bond acceptors (Lipinski definition) is 8. The summed E-state index contributed by atoms with van der Waals surface area (Å²) in [5.74, 6) is 1.56. The maximum atomic E-state index is 12.4. The molecule has 0 amide bonds. The van der Waals surface area contributed by atoms with Crippen LogP contribution in [0.3, 0.4) is 0 Å². The Hall–Kier alpha value is -4.64. The Morgan fingerprint density at radius 1 is 1.00 bits per heavy atom. The number of hydrogen-bond donors (Lipinski definition) is 1. The number of ether oxygens (including phenoxy) is 5. The SMILES string of the molecule is CCCCOc1cccc(C2C(C#N)=C(N)Oc3cc(OC(=O)COc4ccc(OC)cc4)ccc32)c1. The number of rotatable bonds is 10. The first-order chi connectivity index (χ1) is 18.0. The first kappa shape index (κ1) is 25.5.